The van der Waals surface area contributed by atoms with Gasteiger partial charge in [-0.15, -0.1) is 0 Å². The third-order valence-corrected chi connectivity index (χ3v) is 3.49. The number of aliphatic carboxylic acids is 1. The van der Waals surface area contributed by atoms with Crippen molar-refractivity contribution < 1.29 is 19.1 Å². The molecule has 2 rings (SSSR count). The monoisotopic (exact) mass is 347 g/mol. The van der Waals surface area contributed by atoms with Crippen molar-refractivity contribution >= 4 is 11.9 Å². The predicted octanol–water partition coefficient (Wildman–Crippen LogP) is 1.60. The van der Waals surface area contributed by atoms with Crippen molar-refractivity contribution in [2.75, 3.05) is 0 Å². The molecule has 7 nitrogen and oxygen atoms in total. The molecule has 0 saturated carbocycles. The summed E-state index contributed by atoms with van der Waals surface area (Å²) in [5.41, 5.74) is -1.06. The summed E-state index contributed by atoms with van der Waals surface area (Å²) in [6, 6.07) is 6.23. The van der Waals surface area contributed by atoms with Gasteiger partial charge in [-0.2, -0.15) is 9.78 Å². The molecule has 2 N–H and O–H groups in total. The van der Waals surface area contributed by atoms with Crippen molar-refractivity contribution in [2.24, 2.45) is 5.41 Å². The number of carboxylic acids is 1. The number of aromatic nitrogens is 2. The highest BCUT2D eigenvalue weighted by molar-refractivity contribution is 5.95. The van der Waals surface area contributed by atoms with Crippen molar-refractivity contribution in [3.05, 3.63) is 58.3 Å². The van der Waals surface area contributed by atoms with Gasteiger partial charge >= 0.3 is 5.97 Å². The highest BCUT2D eigenvalue weighted by Gasteiger charge is 2.33. The van der Waals surface area contributed by atoms with E-state index in [4.69, 9.17) is 0 Å². The molecular weight excluding hydrogens is 329 g/mol. The number of halogens is 1. The van der Waals surface area contributed by atoms with Gasteiger partial charge in [0.15, 0.2) is 0 Å². The standard InChI is InChI=1S/C17H18FN3O4/c1-17(2,3)14(16(24)25)19-15(23)12-8-9-13(22)21(20-12)11-6-4-10(18)5-7-11/h4-9,14H,1-3H3,(H,19,23)(H,24,25)/t14-/m0/s1. The van der Waals surface area contributed by atoms with E-state index in [0.717, 1.165) is 22.9 Å². The second-order valence-corrected chi connectivity index (χ2v) is 6.56. The Hall–Kier alpha value is -3.03. The number of carbonyl (C=O) groups excluding carboxylic acids is 1. The molecule has 0 aliphatic carbocycles. The maximum atomic E-state index is 13.0. The summed E-state index contributed by atoms with van der Waals surface area (Å²) in [7, 11) is 0. The molecule has 25 heavy (non-hydrogen) atoms. The van der Waals surface area contributed by atoms with Gasteiger partial charge in [-0.3, -0.25) is 9.59 Å². The normalized spacial score (nSPS) is 12.5. The predicted molar refractivity (Wildman–Crippen MR) is 88.1 cm³/mol. The Morgan fingerprint density at radius 2 is 1.76 bits per heavy atom. The summed E-state index contributed by atoms with van der Waals surface area (Å²) in [5, 5.41) is 15.6. The number of hydrogen-bond donors (Lipinski definition) is 2. The molecular formula is C17H18FN3O4. The molecule has 1 atom stereocenters. The van der Waals surface area contributed by atoms with Gasteiger partial charge in [0.25, 0.3) is 11.5 Å². The average molecular weight is 347 g/mol. The van der Waals surface area contributed by atoms with E-state index in [0.29, 0.717) is 0 Å². The molecule has 1 heterocycles. The number of nitrogens with one attached hydrogen (secondary N) is 1. The minimum absolute atomic E-state index is 0.126. The Bertz CT molecular complexity index is 853. The van der Waals surface area contributed by atoms with Crippen LogP contribution in [0.15, 0.2) is 41.2 Å². The van der Waals surface area contributed by atoms with Gasteiger partial charge in [-0.25, -0.2) is 9.18 Å². The Kier molecular flexibility index (Phi) is 5.01. The summed E-state index contributed by atoms with van der Waals surface area (Å²) in [4.78, 5) is 35.7. The van der Waals surface area contributed by atoms with Crippen LogP contribution >= 0.6 is 0 Å². The van der Waals surface area contributed by atoms with E-state index in [1.807, 2.05) is 0 Å². The van der Waals surface area contributed by atoms with Crippen molar-refractivity contribution in [3.8, 4) is 5.69 Å². The molecule has 1 aromatic carbocycles. The van der Waals surface area contributed by atoms with Gasteiger partial charge in [-0.05, 0) is 35.7 Å². The lowest BCUT2D eigenvalue weighted by molar-refractivity contribution is -0.142. The van der Waals surface area contributed by atoms with Crippen LogP contribution in [0.1, 0.15) is 31.3 Å². The summed E-state index contributed by atoms with van der Waals surface area (Å²) >= 11 is 0. The van der Waals surface area contributed by atoms with E-state index >= 15 is 0 Å². The minimum atomic E-state index is -1.17. The number of benzene rings is 1. The van der Waals surface area contributed by atoms with Gasteiger partial charge < -0.3 is 10.4 Å². The Morgan fingerprint density at radius 1 is 1.16 bits per heavy atom. The lowest BCUT2D eigenvalue weighted by Crippen LogP contribution is -2.49. The quantitative estimate of drug-likeness (QED) is 0.875. The second kappa shape index (κ2) is 6.84. The first-order valence-electron chi connectivity index (χ1n) is 7.49. The van der Waals surface area contributed by atoms with Gasteiger partial charge in [-0.1, -0.05) is 20.8 Å². The van der Waals surface area contributed by atoms with Gasteiger partial charge in [0.1, 0.15) is 17.6 Å². The van der Waals surface area contributed by atoms with Crippen molar-refractivity contribution in [1.29, 1.82) is 0 Å². The van der Waals surface area contributed by atoms with E-state index in [1.54, 1.807) is 20.8 Å². The van der Waals surface area contributed by atoms with Crippen molar-refractivity contribution in [1.82, 2.24) is 15.1 Å². The summed E-state index contributed by atoms with van der Waals surface area (Å²) < 4.78 is 14.0. The lowest BCUT2D eigenvalue weighted by atomic mass is 9.86. The van der Waals surface area contributed by atoms with Crippen LogP contribution in [0.4, 0.5) is 4.39 Å². The lowest BCUT2D eigenvalue weighted by Gasteiger charge is -2.27. The van der Waals surface area contributed by atoms with E-state index in [2.05, 4.69) is 10.4 Å². The molecule has 0 aliphatic rings. The number of hydrogen-bond acceptors (Lipinski definition) is 4. The summed E-state index contributed by atoms with van der Waals surface area (Å²) in [5.74, 6) is -2.37. The van der Waals surface area contributed by atoms with Crippen LogP contribution in [-0.2, 0) is 4.79 Å². The number of carboxylic acid groups (broad SMARTS) is 1. The second-order valence-electron chi connectivity index (χ2n) is 6.56. The number of amides is 1. The van der Waals surface area contributed by atoms with E-state index in [9.17, 15) is 23.9 Å². The molecule has 0 fully saturated rings. The van der Waals surface area contributed by atoms with E-state index in [1.165, 1.54) is 18.2 Å². The fourth-order valence-electron chi connectivity index (χ4n) is 2.15. The smallest absolute Gasteiger partial charge is 0.326 e. The first-order chi connectivity index (χ1) is 11.6. The van der Waals surface area contributed by atoms with Crippen LogP contribution in [0, 0.1) is 11.2 Å². The van der Waals surface area contributed by atoms with Gasteiger partial charge in [0.05, 0.1) is 5.69 Å². The van der Waals surface area contributed by atoms with Crippen LogP contribution in [-0.4, -0.2) is 32.8 Å². The third kappa shape index (κ3) is 4.28. The third-order valence-electron chi connectivity index (χ3n) is 3.49. The first-order valence-corrected chi connectivity index (χ1v) is 7.49. The number of nitrogens with zero attached hydrogens (tertiary/aromatic N) is 2. The van der Waals surface area contributed by atoms with Crippen LogP contribution < -0.4 is 10.9 Å². The molecule has 0 unspecified atom stereocenters. The van der Waals surface area contributed by atoms with Crippen LogP contribution in [0.3, 0.4) is 0 Å². The largest absolute Gasteiger partial charge is 0.480 e. The van der Waals surface area contributed by atoms with E-state index in [-0.39, 0.29) is 11.4 Å². The average Bonchev–Trinajstić information content (AvgIpc) is 2.52. The van der Waals surface area contributed by atoms with Crippen molar-refractivity contribution in [2.45, 2.75) is 26.8 Å². The maximum Gasteiger partial charge on any atom is 0.326 e. The van der Waals surface area contributed by atoms with Gasteiger partial charge in [0, 0.05) is 6.07 Å². The Morgan fingerprint density at radius 3 is 2.28 bits per heavy atom. The maximum absolute atomic E-state index is 13.0. The SMILES string of the molecule is CC(C)(C)[C@@H](NC(=O)c1ccc(=O)n(-c2ccc(F)cc2)n1)C(=O)O. The summed E-state index contributed by atoms with van der Waals surface area (Å²) in [6.07, 6.45) is 0. The van der Waals surface area contributed by atoms with Crippen LogP contribution in [0.25, 0.3) is 5.69 Å². The molecule has 1 amide bonds. The zero-order chi connectivity index (χ0) is 18.8. The number of rotatable bonds is 4. The molecule has 2 aromatic rings. The minimum Gasteiger partial charge on any atom is -0.480 e. The molecule has 0 saturated heterocycles. The molecule has 8 heteroatoms. The Balaban J connectivity index is 2.35. The van der Waals surface area contributed by atoms with E-state index < -0.39 is 34.7 Å². The molecule has 0 radical (unpaired) electrons. The van der Waals surface area contributed by atoms with Gasteiger partial charge in [0.2, 0.25) is 0 Å². The zero-order valence-corrected chi connectivity index (χ0v) is 14.0. The fraction of sp³-hybridized carbons (Fsp3) is 0.294. The van der Waals surface area contributed by atoms with Crippen LogP contribution in [0.5, 0.6) is 0 Å². The van der Waals surface area contributed by atoms with Crippen LogP contribution in [0.2, 0.25) is 0 Å². The molecule has 0 spiro atoms. The summed E-state index contributed by atoms with van der Waals surface area (Å²) in [6.45, 7) is 5.04. The molecule has 132 valence electrons. The fourth-order valence-corrected chi connectivity index (χ4v) is 2.15. The topological polar surface area (TPSA) is 101 Å². The highest BCUT2D eigenvalue weighted by atomic mass is 19.1. The van der Waals surface area contributed by atoms with Crippen molar-refractivity contribution in [3.63, 3.8) is 0 Å². The Labute approximate surface area is 143 Å². The molecule has 0 aliphatic heterocycles. The first kappa shape index (κ1) is 18.3. The highest BCUT2D eigenvalue weighted by Crippen LogP contribution is 2.19. The number of carbonyl (C=O) groups is 2. The molecule has 1 aromatic heterocycles. The zero-order valence-electron chi connectivity index (χ0n) is 14.0. The molecule has 0 bridgehead atoms.